The van der Waals surface area contributed by atoms with Crippen LogP contribution in [-0.4, -0.2) is 24.0 Å². The number of benzene rings is 2. The van der Waals surface area contributed by atoms with E-state index in [0.717, 1.165) is 34.6 Å². The average molecular weight is 444 g/mol. The van der Waals surface area contributed by atoms with Gasteiger partial charge in [-0.3, -0.25) is 4.68 Å². The lowest BCUT2D eigenvalue weighted by molar-refractivity contribution is 0.354. The van der Waals surface area contributed by atoms with Crippen LogP contribution in [0.2, 0.25) is 0 Å². The maximum Gasteiger partial charge on any atom is 0.161 e. The van der Waals surface area contributed by atoms with Gasteiger partial charge >= 0.3 is 0 Å². The van der Waals surface area contributed by atoms with Crippen LogP contribution in [0.5, 0.6) is 11.5 Å². The molecule has 0 aliphatic carbocycles. The Hall–Kier alpha value is -2.31. The fraction of sp³-hybridized carbons (Fsp3) is 0.318. The molecule has 0 saturated heterocycles. The summed E-state index contributed by atoms with van der Waals surface area (Å²) in [7, 11) is 3.29. The van der Waals surface area contributed by atoms with Crippen molar-refractivity contribution in [3.05, 3.63) is 75.0 Å². The van der Waals surface area contributed by atoms with E-state index in [0.29, 0.717) is 12.3 Å². The van der Waals surface area contributed by atoms with Gasteiger partial charge in [-0.2, -0.15) is 5.10 Å². The third-order valence-corrected chi connectivity index (χ3v) is 5.61. The van der Waals surface area contributed by atoms with Crippen LogP contribution in [-0.2, 0) is 19.6 Å². The Balaban J connectivity index is 1.68. The summed E-state index contributed by atoms with van der Waals surface area (Å²) in [6.45, 7) is 6.45. The van der Waals surface area contributed by atoms with E-state index in [1.807, 2.05) is 18.2 Å². The maximum absolute atomic E-state index is 5.41. The summed E-state index contributed by atoms with van der Waals surface area (Å²) >= 11 is 3.62. The molecular weight excluding hydrogens is 418 g/mol. The van der Waals surface area contributed by atoms with Crippen molar-refractivity contribution >= 4 is 15.9 Å². The van der Waals surface area contributed by atoms with E-state index in [4.69, 9.17) is 14.6 Å². The van der Waals surface area contributed by atoms with Gasteiger partial charge in [-0.05, 0) is 37.1 Å². The number of aromatic nitrogens is 2. The van der Waals surface area contributed by atoms with E-state index < -0.39 is 0 Å². The van der Waals surface area contributed by atoms with Crippen LogP contribution in [0.1, 0.15) is 28.1 Å². The molecular formula is C22H26BrN3O2. The third-order valence-electron chi connectivity index (χ3n) is 4.88. The quantitative estimate of drug-likeness (QED) is 0.551. The fourth-order valence-electron chi connectivity index (χ4n) is 3.25. The van der Waals surface area contributed by atoms with Gasteiger partial charge in [0.05, 0.1) is 26.5 Å². The number of ether oxygens (including phenoxy) is 2. The van der Waals surface area contributed by atoms with Crippen molar-refractivity contribution in [2.24, 2.45) is 0 Å². The number of halogens is 1. The summed E-state index contributed by atoms with van der Waals surface area (Å²) in [6, 6.07) is 14.3. The van der Waals surface area contributed by atoms with Crippen LogP contribution in [0.4, 0.5) is 0 Å². The summed E-state index contributed by atoms with van der Waals surface area (Å²) in [5, 5.41) is 8.26. The smallest absolute Gasteiger partial charge is 0.161 e. The molecule has 0 fully saturated rings. The molecule has 2 aromatic carbocycles. The molecule has 5 nitrogen and oxygen atoms in total. The zero-order chi connectivity index (χ0) is 20.1. The van der Waals surface area contributed by atoms with Crippen molar-refractivity contribution in [1.29, 1.82) is 0 Å². The van der Waals surface area contributed by atoms with Crippen LogP contribution in [0.15, 0.2) is 46.9 Å². The van der Waals surface area contributed by atoms with Crippen molar-refractivity contribution in [3.63, 3.8) is 0 Å². The van der Waals surface area contributed by atoms with Gasteiger partial charge in [-0.15, -0.1) is 0 Å². The Morgan fingerprint density at radius 1 is 1.00 bits per heavy atom. The second-order valence-corrected chi connectivity index (χ2v) is 7.55. The lowest BCUT2D eigenvalue weighted by atomic mass is 10.1. The van der Waals surface area contributed by atoms with Gasteiger partial charge in [0, 0.05) is 28.8 Å². The van der Waals surface area contributed by atoms with E-state index in [2.05, 4.69) is 64.0 Å². The topological polar surface area (TPSA) is 48.3 Å². The highest BCUT2D eigenvalue weighted by Crippen LogP contribution is 2.33. The van der Waals surface area contributed by atoms with Crippen molar-refractivity contribution in [2.45, 2.75) is 33.5 Å². The van der Waals surface area contributed by atoms with Gasteiger partial charge in [0.1, 0.15) is 0 Å². The molecule has 1 N–H and O–H groups in total. The Bertz CT molecular complexity index is 939. The minimum Gasteiger partial charge on any atom is -0.493 e. The molecule has 0 aliphatic heterocycles. The number of nitrogens with one attached hydrogen (secondary N) is 1. The van der Waals surface area contributed by atoms with Gasteiger partial charge in [0.25, 0.3) is 0 Å². The molecule has 0 atom stereocenters. The number of methoxy groups -OCH3 is 2. The summed E-state index contributed by atoms with van der Waals surface area (Å²) in [5.41, 5.74) is 5.87. The molecule has 148 valence electrons. The molecule has 28 heavy (non-hydrogen) atoms. The molecule has 0 bridgehead atoms. The number of hydrogen-bond donors (Lipinski definition) is 1. The predicted molar refractivity (Wildman–Crippen MR) is 115 cm³/mol. The maximum atomic E-state index is 5.41. The molecule has 0 amide bonds. The first-order valence-electron chi connectivity index (χ1n) is 9.21. The highest BCUT2D eigenvalue weighted by molar-refractivity contribution is 9.10. The molecule has 1 aromatic heterocycles. The monoisotopic (exact) mass is 443 g/mol. The van der Waals surface area contributed by atoms with E-state index in [1.54, 1.807) is 14.2 Å². The second-order valence-electron chi connectivity index (χ2n) is 6.69. The normalized spacial score (nSPS) is 10.9. The lowest BCUT2D eigenvalue weighted by Crippen LogP contribution is -2.14. The minimum absolute atomic E-state index is 0.712. The largest absolute Gasteiger partial charge is 0.493 e. The fourth-order valence-corrected chi connectivity index (χ4v) is 3.72. The Morgan fingerprint density at radius 2 is 1.68 bits per heavy atom. The third kappa shape index (κ3) is 4.56. The van der Waals surface area contributed by atoms with Crippen molar-refractivity contribution < 1.29 is 9.47 Å². The number of hydrogen-bond acceptors (Lipinski definition) is 4. The number of aryl methyl sites for hydroxylation is 1. The first-order chi connectivity index (χ1) is 13.5. The summed E-state index contributed by atoms with van der Waals surface area (Å²) in [4.78, 5) is 0. The molecule has 1 heterocycles. The lowest BCUT2D eigenvalue weighted by Gasteiger charge is -2.13. The van der Waals surface area contributed by atoms with Crippen molar-refractivity contribution in [2.75, 3.05) is 14.2 Å². The van der Waals surface area contributed by atoms with Crippen LogP contribution in [0.25, 0.3) is 0 Å². The Labute approximate surface area is 174 Å². The van der Waals surface area contributed by atoms with E-state index in [1.165, 1.54) is 16.8 Å². The summed E-state index contributed by atoms with van der Waals surface area (Å²) in [5.74, 6) is 1.44. The SMILES string of the molecule is COc1cc(Br)c(CNCc2c(C)nn(Cc3ccccc3)c2C)cc1OC. The minimum atomic E-state index is 0.712. The number of rotatable bonds is 8. The standard InChI is InChI=1S/C22H26BrN3O2/c1-15-19(16(2)26(25-15)14-17-8-6-5-7-9-17)13-24-12-18-10-21(27-3)22(28-4)11-20(18)23/h5-11,24H,12-14H2,1-4H3. The highest BCUT2D eigenvalue weighted by atomic mass is 79.9. The Morgan fingerprint density at radius 3 is 2.36 bits per heavy atom. The summed E-state index contributed by atoms with van der Waals surface area (Å²) in [6.07, 6.45) is 0. The molecule has 0 radical (unpaired) electrons. The summed E-state index contributed by atoms with van der Waals surface area (Å²) < 4.78 is 13.8. The average Bonchev–Trinajstić information content (AvgIpc) is 2.96. The van der Waals surface area contributed by atoms with Crippen LogP contribution < -0.4 is 14.8 Å². The molecule has 0 unspecified atom stereocenters. The van der Waals surface area contributed by atoms with Crippen LogP contribution in [0, 0.1) is 13.8 Å². The first-order valence-corrected chi connectivity index (χ1v) is 10.0. The Kier molecular flexibility index (Phi) is 6.75. The van der Waals surface area contributed by atoms with Gasteiger partial charge in [0.15, 0.2) is 11.5 Å². The molecule has 0 aliphatic rings. The molecule has 3 aromatic rings. The van der Waals surface area contributed by atoms with Gasteiger partial charge in [-0.25, -0.2) is 0 Å². The van der Waals surface area contributed by atoms with Crippen LogP contribution in [0.3, 0.4) is 0 Å². The van der Waals surface area contributed by atoms with Gasteiger partial charge in [0.2, 0.25) is 0 Å². The van der Waals surface area contributed by atoms with Gasteiger partial charge < -0.3 is 14.8 Å². The van der Waals surface area contributed by atoms with Gasteiger partial charge in [-0.1, -0.05) is 46.3 Å². The predicted octanol–water partition coefficient (Wildman–Crippen LogP) is 4.62. The second kappa shape index (κ2) is 9.26. The number of nitrogens with zero attached hydrogens (tertiary/aromatic N) is 2. The van der Waals surface area contributed by atoms with E-state index in [-0.39, 0.29) is 0 Å². The zero-order valence-electron chi connectivity index (χ0n) is 16.8. The first kappa shape index (κ1) is 20.4. The van der Waals surface area contributed by atoms with Crippen molar-refractivity contribution in [3.8, 4) is 11.5 Å². The molecule has 6 heteroatoms. The highest BCUT2D eigenvalue weighted by Gasteiger charge is 2.13. The van der Waals surface area contributed by atoms with E-state index >= 15 is 0 Å². The molecule has 3 rings (SSSR count). The zero-order valence-corrected chi connectivity index (χ0v) is 18.3. The van der Waals surface area contributed by atoms with Crippen LogP contribution >= 0.6 is 15.9 Å². The van der Waals surface area contributed by atoms with E-state index in [9.17, 15) is 0 Å². The molecule has 0 spiro atoms. The van der Waals surface area contributed by atoms with Crippen molar-refractivity contribution in [1.82, 2.24) is 15.1 Å². The molecule has 0 saturated carbocycles.